The van der Waals surface area contributed by atoms with Crippen LogP contribution in [0.15, 0.2) is 24.3 Å². The van der Waals surface area contributed by atoms with E-state index in [1.165, 1.54) is 5.56 Å². The molecular formula is C13H14N2. The highest BCUT2D eigenvalue weighted by Crippen LogP contribution is 2.23. The Balaban J connectivity index is 2.91. The lowest BCUT2D eigenvalue weighted by Gasteiger charge is -2.11. The van der Waals surface area contributed by atoms with E-state index in [4.69, 9.17) is 10.5 Å². The maximum Gasteiger partial charge on any atom is 0.0628 e. The summed E-state index contributed by atoms with van der Waals surface area (Å²) in [5.74, 6) is 0.0616. The predicted molar refractivity (Wildman–Crippen MR) is 59.0 cm³/mol. The van der Waals surface area contributed by atoms with Crippen LogP contribution in [0.2, 0.25) is 0 Å². The molecule has 0 N–H and O–H groups in total. The van der Waals surface area contributed by atoms with Gasteiger partial charge in [-0.15, -0.1) is 0 Å². The standard InChI is InChI=1S/C13H14N2/c1-2-11-4-3-5-13(10-11)12(6-8-14)7-9-15/h3-5,10,12H,2,6-7H2,1H3. The van der Waals surface area contributed by atoms with E-state index < -0.39 is 0 Å². The average molecular weight is 198 g/mol. The van der Waals surface area contributed by atoms with Gasteiger partial charge in [0, 0.05) is 18.8 Å². The van der Waals surface area contributed by atoms with Gasteiger partial charge in [-0.25, -0.2) is 0 Å². The highest BCUT2D eigenvalue weighted by molar-refractivity contribution is 5.27. The van der Waals surface area contributed by atoms with Crippen molar-refractivity contribution in [2.75, 3.05) is 0 Å². The monoisotopic (exact) mass is 198 g/mol. The summed E-state index contributed by atoms with van der Waals surface area (Å²) in [6, 6.07) is 12.4. The van der Waals surface area contributed by atoms with Crippen LogP contribution in [-0.4, -0.2) is 0 Å². The van der Waals surface area contributed by atoms with E-state index in [-0.39, 0.29) is 5.92 Å². The van der Waals surface area contributed by atoms with Crippen molar-refractivity contribution in [3.63, 3.8) is 0 Å². The quantitative estimate of drug-likeness (QED) is 0.746. The second-order valence-electron chi connectivity index (χ2n) is 3.52. The predicted octanol–water partition coefficient (Wildman–Crippen LogP) is 3.16. The molecule has 0 bridgehead atoms. The lowest BCUT2D eigenvalue weighted by atomic mass is 9.92. The van der Waals surface area contributed by atoms with Gasteiger partial charge in [-0.05, 0) is 17.5 Å². The van der Waals surface area contributed by atoms with Gasteiger partial charge in [-0.1, -0.05) is 31.2 Å². The van der Waals surface area contributed by atoms with Crippen LogP contribution < -0.4 is 0 Å². The molecule has 15 heavy (non-hydrogen) atoms. The van der Waals surface area contributed by atoms with Crippen molar-refractivity contribution in [2.45, 2.75) is 32.1 Å². The molecule has 2 heteroatoms. The summed E-state index contributed by atoms with van der Waals surface area (Å²) in [7, 11) is 0. The van der Waals surface area contributed by atoms with Crippen LogP contribution in [0.1, 0.15) is 36.8 Å². The maximum atomic E-state index is 8.69. The molecule has 0 saturated carbocycles. The number of hydrogen-bond acceptors (Lipinski definition) is 2. The summed E-state index contributed by atoms with van der Waals surface area (Å²) in [5, 5.41) is 17.4. The van der Waals surface area contributed by atoms with Crippen molar-refractivity contribution >= 4 is 0 Å². The number of hydrogen-bond donors (Lipinski definition) is 0. The highest BCUT2D eigenvalue weighted by atomic mass is 14.3. The zero-order valence-corrected chi connectivity index (χ0v) is 8.90. The van der Waals surface area contributed by atoms with Crippen molar-refractivity contribution in [1.82, 2.24) is 0 Å². The summed E-state index contributed by atoms with van der Waals surface area (Å²) in [6.07, 6.45) is 1.82. The van der Waals surface area contributed by atoms with Gasteiger partial charge in [0.25, 0.3) is 0 Å². The molecule has 0 heterocycles. The molecule has 0 aromatic heterocycles. The van der Waals surface area contributed by atoms with Crippen LogP contribution in [-0.2, 0) is 6.42 Å². The van der Waals surface area contributed by atoms with Crippen molar-refractivity contribution in [1.29, 1.82) is 10.5 Å². The van der Waals surface area contributed by atoms with Gasteiger partial charge in [-0.2, -0.15) is 10.5 Å². The molecule has 1 aromatic rings. The van der Waals surface area contributed by atoms with Crippen molar-refractivity contribution in [3.8, 4) is 12.1 Å². The Labute approximate surface area is 90.8 Å². The van der Waals surface area contributed by atoms with Gasteiger partial charge in [0.05, 0.1) is 12.1 Å². The van der Waals surface area contributed by atoms with Crippen LogP contribution in [0, 0.1) is 22.7 Å². The summed E-state index contributed by atoms with van der Waals surface area (Å²) in [6.45, 7) is 2.10. The zero-order chi connectivity index (χ0) is 11.1. The fraction of sp³-hybridized carbons (Fsp3) is 0.385. The molecule has 0 fully saturated rings. The Morgan fingerprint density at radius 3 is 2.40 bits per heavy atom. The van der Waals surface area contributed by atoms with Gasteiger partial charge in [0.2, 0.25) is 0 Å². The molecule has 0 radical (unpaired) electrons. The number of nitriles is 2. The lowest BCUT2D eigenvalue weighted by Crippen LogP contribution is -1.97. The summed E-state index contributed by atoms with van der Waals surface area (Å²) in [5.41, 5.74) is 2.37. The molecule has 0 amide bonds. The molecule has 0 saturated heterocycles. The first kappa shape index (κ1) is 11.3. The minimum Gasteiger partial charge on any atom is -0.198 e. The van der Waals surface area contributed by atoms with Crippen LogP contribution in [0.3, 0.4) is 0 Å². The molecule has 0 aliphatic rings. The molecule has 76 valence electrons. The smallest absolute Gasteiger partial charge is 0.0628 e. The van der Waals surface area contributed by atoms with E-state index in [9.17, 15) is 0 Å². The molecule has 0 spiro atoms. The summed E-state index contributed by atoms with van der Waals surface area (Å²) < 4.78 is 0. The van der Waals surface area contributed by atoms with E-state index in [2.05, 4.69) is 31.2 Å². The maximum absolute atomic E-state index is 8.69. The number of nitrogens with zero attached hydrogens (tertiary/aromatic N) is 2. The van der Waals surface area contributed by atoms with Crippen LogP contribution in [0.25, 0.3) is 0 Å². The third kappa shape index (κ3) is 3.11. The first-order valence-corrected chi connectivity index (χ1v) is 5.14. The number of aryl methyl sites for hydroxylation is 1. The van der Waals surface area contributed by atoms with Gasteiger partial charge >= 0.3 is 0 Å². The zero-order valence-electron chi connectivity index (χ0n) is 8.90. The third-order valence-electron chi connectivity index (χ3n) is 2.51. The first-order valence-electron chi connectivity index (χ1n) is 5.14. The highest BCUT2D eigenvalue weighted by Gasteiger charge is 2.10. The third-order valence-corrected chi connectivity index (χ3v) is 2.51. The molecule has 1 aromatic carbocycles. The Bertz CT molecular complexity index is 380. The Hall–Kier alpha value is -1.80. The van der Waals surface area contributed by atoms with E-state index in [1.54, 1.807) is 0 Å². The van der Waals surface area contributed by atoms with Gasteiger partial charge < -0.3 is 0 Å². The van der Waals surface area contributed by atoms with E-state index in [0.717, 1.165) is 12.0 Å². The average Bonchev–Trinajstić information content (AvgIpc) is 2.29. The largest absolute Gasteiger partial charge is 0.198 e. The molecule has 0 aliphatic heterocycles. The van der Waals surface area contributed by atoms with Crippen LogP contribution in [0.4, 0.5) is 0 Å². The molecule has 0 unspecified atom stereocenters. The van der Waals surface area contributed by atoms with Gasteiger partial charge in [0.15, 0.2) is 0 Å². The SMILES string of the molecule is CCc1cccc(C(CC#N)CC#N)c1. The first-order chi connectivity index (χ1) is 7.31. The van der Waals surface area contributed by atoms with Crippen LogP contribution in [0.5, 0.6) is 0 Å². The van der Waals surface area contributed by atoms with Crippen molar-refractivity contribution in [2.24, 2.45) is 0 Å². The second-order valence-corrected chi connectivity index (χ2v) is 3.52. The minimum absolute atomic E-state index is 0.0616. The molecule has 1 rings (SSSR count). The van der Waals surface area contributed by atoms with Crippen LogP contribution >= 0.6 is 0 Å². The molecule has 0 aliphatic carbocycles. The van der Waals surface area contributed by atoms with Crippen molar-refractivity contribution in [3.05, 3.63) is 35.4 Å². The topological polar surface area (TPSA) is 47.6 Å². The summed E-state index contributed by atoms with van der Waals surface area (Å²) in [4.78, 5) is 0. The van der Waals surface area contributed by atoms with E-state index in [0.29, 0.717) is 12.8 Å². The lowest BCUT2D eigenvalue weighted by molar-refractivity contribution is 0.725. The molecular weight excluding hydrogens is 184 g/mol. The number of benzene rings is 1. The Morgan fingerprint density at radius 1 is 1.20 bits per heavy atom. The Kier molecular flexibility index (Phi) is 4.38. The minimum atomic E-state index is 0.0616. The van der Waals surface area contributed by atoms with Crippen molar-refractivity contribution < 1.29 is 0 Å². The fourth-order valence-electron chi connectivity index (χ4n) is 1.60. The normalized spacial score (nSPS) is 9.60. The summed E-state index contributed by atoms with van der Waals surface area (Å²) >= 11 is 0. The molecule has 0 atom stereocenters. The Morgan fingerprint density at radius 2 is 1.87 bits per heavy atom. The second kappa shape index (κ2) is 5.83. The van der Waals surface area contributed by atoms with Gasteiger partial charge in [-0.3, -0.25) is 0 Å². The fourth-order valence-corrected chi connectivity index (χ4v) is 1.60. The molecule has 2 nitrogen and oxygen atoms in total. The van der Waals surface area contributed by atoms with Gasteiger partial charge in [0.1, 0.15) is 0 Å². The van der Waals surface area contributed by atoms with E-state index in [1.807, 2.05) is 12.1 Å². The number of rotatable bonds is 4. The van der Waals surface area contributed by atoms with E-state index >= 15 is 0 Å².